The third kappa shape index (κ3) is 2.89. The molecule has 2 N–H and O–H groups in total. The van der Waals surface area contributed by atoms with Crippen molar-refractivity contribution in [3.63, 3.8) is 0 Å². The Morgan fingerprint density at radius 1 is 1.39 bits per heavy atom. The second kappa shape index (κ2) is 5.37. The molecule has 5 heteroatoms. The Labute approximate surface area is 105 Å². The van der Waals surface area contributed by atoms with Crippen LogP contribution in [0.5, 0.6) is 0 Å². The molecule has 0 saturated carbocycles. The number of anilines is 2. The number of Topliss-reactive ketones (excluding diaryl/α,β-unsaturated/α-hetero) is 1. The van der Waals surface area contributed by atoms with Crippen LogP contribution in [0.15, 0.2) is 36.5 Å². The normalized spacial score (nSPS) is 10.1. The van der Waals surface area contributed by atoms with Gasteiger partial charge in [-0.1, -0.05) is 12.1 Å². The fraction of sp³-hybridized carbons (Fsp3) is 0.154. The van der Waals surface area contributed by atoms with E-state index in [1.54, 1.807) is 30.5 Å². The molecule has 0 fully saturated rings. The van der Waals surface area contributed by atoms with Crippen LogP contribution in [-0.4, -0.2) is 20.9 Å². The maximum absolute atomic E-state index is 11.3. The number of hydrogen-bond acceptors (Lipinski definition) is 5. The number of hydrogen-bond donors (Lipinski definition) is 2. The lowest BCUT2D eigenvalue weighted by molar-refractivity contribution is 0.101. The van der Waals surface area contributed by atoms with Crippen molar-refractivity contribution < 1.29 is 9.90 Å². The second-order valence-corrected chi connectivity index (χ2v) is 3.79. The number of benzene rings is 1. The van der Waals surface area contributed by atoms with Gasteiger partial charge in [-0.3, -0.25) is 4.79 Å². The molecular formula is C13H13N3O2. The summed E-state index contributed by atoms with van der Waals surface area (Å²) in [5.74, 6) is 0.394. The average molecular weight is 243 g/mol. The summed E-state index contributed by atoms with van der Waals surface area (Å²) >= 11 is 0. The number of aliphatic hydroxyl groups excluding tert-OH is 1. The number of ketones is 1. The van der Waals surface area contributed by atoms with Gasteiger partial charge in [-0.15, -0.1) is 0 Å². The first kappa shape index (κ1) is 12.2. The maximum atomic E-state index is 11.3. The Morgan fingerprint density at radius 3 is 2.94 bits per heavy atom. The predicted molar refractivity (Wildman–Crippen MR) is 67.7 cm³/mol. The van der Waals surface area contributed by atoms with Gasteiger partial charge in [0.05, 0.1) is 12.3 Å². The maximum Gasteiger partial charge on any atom is 0.227 e. The molecule has 0 bridgehead atoms. The zero-order valence-corrected chi connectivity index (χ0v) is 9.92. The molecule has 0 aliphatic rings. The van der Waals surface area contributed by atoms with Gasteiger partial charge in [0.15, 0.2) is 5.78 Å². The average Bonchev–Trinajstić information content (AvgIpc) is 2.39. The summed E-state index contributed by atoms with van der Waals surface area (Å²) < 4.78 is 0. The summed E-state index contributed by atoms with van der Waals surface area (Å²) in [6.45, 7) is 1.38. The molecule has 1 aromatic carbocycles. The van der Waals surface area contributed by atoms with Crippen molar-refractivity contribution in [3.05, 3.63) is 47.8 Å². The Morgan fingerprint density at radius 2 is 2.22 bits per heavy atom. The van der Waals surface area contributed by atoms with E-state index >= 15 is 0 Å². The van der Waals surface area contributed by atoms with Crippen LogP contribution in [0.25, 0.3) is 0 Å². The fourth-order valence-corrected chi connectivity index (χ4v) is 1.49. The minimum Gasteiger partial charge on any atom is -0.390 e. The van der Waals surface area contributed by atoms with Gasteiger partial charge >= 0.3 is 0 Å². The Hall–Kier alpha value is -2.27. The quantitative estimate of drug-likeness (QED) is 0.802. The minimum atomic E-state index is -0.134. The van der Waals surface area contributed by atoms with E-state index in [1.165, 1.54) is 6.92 Å². The molecule has 0 saturated heterocycles. The van der Waals surface area contributed by atoms with Crippen LogP contribution >= 0.6 is 0 Å². The van der Waals surface area contributed by atoms with Crippen LogP contribution in [0.1, 0.15) is 23.0 Å². The largest absolute Gasteiger partial charge is 0.390 e. The summed E-state index contributed by atoms with van der Waals surface area (Å²) in [6, 6.07) is 8.73. The molecular weight excluding hydrogens is 230 g/mol. The Kier molecular flexibility index (Phi) is 3.64. The topological polar surface area (TPSA) is 75.1 Å². The highest BCUT2D eigenvalue weighted by Gasteiger charge is 2.02. The molecule has 0 aliphatic heterocycles. The van der Waals surface area contributed by atoms with Gasteiger partial charge < -0.3 is 10.4 Å². The third-order valence-corrected chi connectivity index (χ3v) is 2.40. The van der Waals surface area contributed by atoms with Crippen LogP contribution in [0.3, 0.4) is 0 Å². The smallest absolute Gasteiger partial charge is 0.227 e. The van der Waals surface area contributed by atoms with Crippen molar-refractivity contribution in [1.29, 1.82) is 0 Å². The van der Waals surface area contributed by atoms with Gasteiger partial charge in [-0.05, 0) is 25.1 Å². The van der Waals surface area contributed by atoms with Crippen molar-refractivity contribution >= 4 is 17.4 Å². The zero-order chi connectivity index (χ0) is 13.0. The lowest BCUT2D eigenvalue weighted by Gasteiger charge is -2.06. The van der Waals surface area contributed by atoms with E-state index in [0.717, 1.165) is 5.69 Å². The summed E-state index contributed by atoms with van der Waals surface area (Å²) in [7, 11) is 0. The number of aliphatic hydroxyl groups is 1. The SMILES string of the molecule is CC(=O)c1cccc(Nc2nccc(CO)n2)c1. The number of rotatable bonds is 4. The van der Waals surface area contributed by atoms with Gasteiger partial charge in [-0.25, -0.2) is 9.97 Å². The third-order valence-electron chi connectivity index (χ3n) is 2.40. The van der Waals surface area contributed by atoms with Crippen LogP contribution < -0.4 is 5.32 Å². The molecule has 0 radical (unpaired) electrons. The summed E-state index contributed by atoms with van der Waals surface area (Å²) in [5, 5.41) is 12.0. The van der Waals surface area contributed by atoms with E-state index < -0.39 is 0 Å². The molecule has 0 unspecified atom stereocenters. The van der Waals surface area contributed by atoms with Gasteiger partial charge in [0.25, 0.3) is 0 Å². The Balaban J connectivity index is 2.22. The molecule has 2 aromatic rings. The first-order chi connectivity index (χ1) is 8.69. The van der Waals surface area contributed by atoms with Gasteiger partial charge in [0.1, 0.15) is 0 Å². The summed E-state index contributed by atoms with van der Waals surface area (Å²) in [4.78, 5) is 19.4. The van der Waals surface area contributed by atoms with Crippen LogP contribution in [0, 0.1) is 0 Å². The molecule has 0 atom stereocenters. The standard InChI is InChI=1S/C13H13N3O2/c1-9(18)10-3-2-4-11(7-10)15-13-14-6-5-12(8-17)16-13/h2-7,17H,8H2,1H3,(H,14,15,16). The number of aromatic nitrogens is 2. The van der Waals surface area contributed by atoms with Gasteiger partial charge in [0, 0.05) is 17.4 Å². The summed E-state index contributed by atoms with van der Waals surface area (Å²) in [5.41, 5.74) is 1.89. The lowest BCUT2D eigenvalue weighted by Crippen LogP contribution is -2.00. The first-order valence-corrected chi connectivity index (χ1v) is 5.50. The highest BCUT2D eigenvalue weighted by molar-refractivity contribution is 5.95. The van der Waals surface area contributed by atoms with Gasteiger partial charge in [-0.2, -0.15) is 0 Å². The number of nitrogens with zero attached hydrogens (tertiary/aromatic N) is 2. The highest BCUT2D eigenvalue weighted by atomic mass is 16.3. The van der Waals surface area contributed by atoms with Crippen LogP contribution in [0.4, 0.5) is 11.6 Å². The number of carbonyl (C=O) groups excluding carboxylic acids is 1. The fourth-order valence-electron chi connectivity index (χ4n) is 1.49. The minimum absolute atomic E-state index is 0.00340. The van der Waals surface area contributed by atoms with Crippen LogP contribution in [0.2, 0.25) is 0 Å². The molecule has 0 aliphatic carbocycles. The van der Waals surface area contributed by atoms with E-state index in [1.807, 2.05) is 6.07 Å². The highest BCUT2D eigenvalue weighted by Crippen LogP contribution is 2.15. The van der Waals surface area contributed by atoms with Gasteiger partial charge in [0.2, 0.25) is 5.95 Å². The summed E-state index contributed by atoms with van der Waals surface area (Å²) in [6.07, 6.45) is 1.57. The molecule has 1 aromatic heterocycles. The second-order valence-electron chi connectivity index (χ2n) is 3.79. The van der Waals surface area contributed by atoms with E-state index in [9.17, 15) is 4.79 Å². The molecule has 2 rings (SSSR count). The molecule has 0 spiro atoms. The Bertz CT molecular complexity index is 570. The molecule has 5 nitrogen and oxygen atoms in total. The molecule has 1 heterocycles. The van der Waals surface area contributed by atoms with Crippen molar-refractivity contribution in [2.75, 3.05) is 5.32 Å². The van der Waals surface area contributed by atoms with E-state index in [4.69, 9.17) is 5.11 Å². The van der Waals surface area contributed by atoms with Crippen molar-refractivity contribution in [2.24, 2.45) is 0 Å². The van der Waals surface area contributed by atoms with Crippen molar-refractivity contribution in [3.8, 4) is 0 Å². The zero-order valence-electron chi connectivity index (χ0n) is 9.92. The number of carbonyl (C=O) groups is 1. The number of nitrogens with one attached hydrogen (secondary N) is 1. The van der Waals surface area contributed by atoms with E-state index in [0.29, 0.717) is 17.2 Å². The van der Waals surface area contributed by atoms with Crippen molar-refractivity contribution in [1.82, 2.24) is 9.97 Å². The molecule has 92 valence electrons. The lowest BCUT2D eigenvalue weighted by atomic mass is 10.1. The first-order valence-electron chi connectivity index (χ1n) is 5.50. The van der Waals surface area contributed by atoms with Crippen molar-refractivity contribution in [2.45, 2.75) is 13.5 Å². The molecule has 18 heavy (non-hydrogen) atoms. The molecule has 0 amide bonds. The van der Waals surface area contributed by atoms with E-state index in [2.05, 4.69) is 15.3 Å². The van der Waals surface area contributed by atoms with Crippen LogP contribution in [-0.2, 0) is 6.61 Å². The predicted octanol–water partition coefficient (Wildman–Crippen LogP) is 1.92. The monoisotopic (exact) mass is 243 g/mol. The van der Waals surface area contributed by atoms with E-state index in [-0.39, 0.29) is 12.4 Å².